The second kappa shape index (κ2) is 11.3. The molecule has 5 heteroatoms. The lowest BCUT2D eigenvalue weighted by atomic mass is 10.1. The van der Waals surface area contributed by atoms with Gasteiger partial charge in [-0.05, 0) is 49.3 Å². The molecule has 0 aliphatic heterocycles. The van der Waals surface area contributed by atoms with E-state index >= 15 is 9.13 Å². The third-order valence-electron chi connectivity index (χ3n) is 8.23. The maximum absolute atomic E-state index is 15.4. The van der Waals surface area contributed by atoms with E-state index in [1.54, 1.807) is 11.3 Å². The molecule has 0 fully saturated rings. The van der Waals surface area contributed by atoms with Gasteiger partial charge in [-0.3, -0.25) is 0 Å². The van der Waals surface area contributed by atoms with E-state index in [4.69, 9.17) is 0 Å². The van der Waals surface area contributed by atoms with Crippen molar-refractivity contribution < 1.29 is 9.13 Å². The van der Waals surface area contributed by atoms with Crippen LogP contribution in [0.25, 0.3) is 22.2 Å². The molecule has 5 aromatic carbocycles. The Hall–Kier alpha value is -4.00. The Bertz CT molecular complexity index is 2070. The van der Waals surface area contributed by atoms with Crippen LogP contribution < -0.4 is 26.5 Å². The Morgan fingerprint density at radius 3 is 1.77 bits per heavy atom. The molecule has 2 nitrogen and oxygen atoms in total. The van der Waals surface area contributed by atoms with Crippen LogP contribution >= 0.6 is 25.6 Å². The summed E-state index contributed by atoms with van der Waals surface area (Å²) in [7, 11) is -6.30. The number of allylic oxidation sites excluding steroid dienone is 2. The SMILES string of the molecule is Cc1ccccc1P(=O)(c1ccccc1)c1ccc2sc3c(c2c1)C=C(P(=O)(c1ccccc1)c1ccccc1)CC=C3. The number of hydrogen-bond acceptors (Lipinski definition) is 3. The summed E-state index contributed by atoms with van der Waals surface area (Å²) in [5, 5.41) is 6.08. The zero-order valence-corrected chi connectivity index (χ0v) is 26.4. The quantitative estimate of drug-likeness (QED) is 0.177. The van der Waals surface area contributed by atoms with Gasteiger partial charge in [0, 0.05) is 52.4 Å². The van der Waals surface area contributed by atoms with Gasteiger partial charge in [0.1, 0.15) is 0 Å². The molecule has 1 atom stereocenters. The molecule has 1 aliphatic carbocycles. The van der Waals surface area contributed by atoms with Crippen molar-refractivity contribution in [2.45, 2.75) is 13.3 Å². The molecule has 0 amide bonds. The third kappa shape index (κ3) is 4.73. The average Bonchev–Trinajstić information content (AvgIpc) is 3.26. The summed E-state index contributed by atoms with van der Waals surface area (Å²) in [6, 6.07) is 43.8. The highest BCUT2D eigenvalue weighted by Crippen LogP contribution is 2.55. The third-order valence-corrected chi connectivity index (χ3v) is 15.8. The van der Waals surface area contributed by atoms with E-state index in [-0.39, 0.29) is 0 Å². The van der Waals surface area contributed by atoms with Crippen LogP contribution in [0.5, 0.6) is 0 Å². The Labute approximate surface area is 256 Å². The molecular weight excluding hydrogens is 582 g/mol. The van der Waals surface area contributed by atoms with Crippen molar-refractivity contribution in [3.05, 3.63) is 161 Å². The molecule has 1 aromatic heterocycles. The molecule has 210 valence electrons. The van der Waals surface area contributed by atoms with E-state index in [1.807, 2.05) is 128 Å². The Morgan fingerprint density at radius 2 is 1.16 bits per heavy atom. The van der Waals surface area contributed by atoms with Crippen molar-refractivity contribution in [2.24, 2.45) is 0 Å². The minimum absolute atomic E-state index is 0.593. The number of thiophene rings is 1. The van der Waals surface area contributed by atoms with Gasteiger partial charge in [-0.2, -0.15) is 0 Å². The molecule has 6 aromatic rings. The lowest BCUT2D eigenvalue weighted by molar-refractivity contribution is 0.590. The molecule has 0 radical (unpaired) electrons. The van der Waals surface area contributed by atoms with Gasteiger partial charge < -0.3 is 9.13 Å². The van der Waals surface area contributed by atoms with Crippen molar-refractivity contribution in [1.82, 2.24) is 0 Å². The van der Waals surface area contributed by atoms with Crippen LogP contribution in [0, 0.1) is 6.92 Å². The van der Waals surface area contributed by atoms with Crippen molar-refractivity contribution in [3.8, 4) is 0 Å². The van der Waals surface area contributed by atoms with E-state index < -0.39 is 14.3 Å². The molecule has 1 aliphatic rings. The average molecular weight is 613 g/mol. The van der Waals surface area contributed by atoms with Crippen LogP contribution in [-0.4, -0.2) is 0 Å². The summed E-state index contributed by atoms with van der Waals surface area (Å²) in [5.41, 5.74) is 2.05. The summed E-state index contributed by atoms with van der Waals surface area (Å²) in [4.78, 5) is 1.13. The zero-order chi connectivity index (χ0) is 29.4. The van der Waals surface area contributed by atoms with Gasteiger partial charge in [0.2, 0.25) is 0 Å². The van der Waals surface area contributed by atoms with Crippen LogP contribution in [0.4, 0.5) is 0 Å². The second-order valence-corrected chi connectivity index (χ2v) is 17.5. The van der Waals surface area contributed by atoms with Crippen molar-refractivity contribution >= 4 is 74.4 Å². The fourth-order valence-corrected chi connectivity index (χ4v) is 12.9. The Kier molecular flexibility index (Phi) is 7.28. The Morgan fingerprint density at radius 1 is 0.605 bits per heavy atom. The van der Waals surface area contributed by atoms with Gasteiger partial charge >= 0.3 is 0 Å². The predicted octanol–water partition coefficient (Wildman–Crippen LogP) is 8.62. The second-order valence-electron chi connectivity index (χ2n) is 10.8. The van der Waals surface area contributed by atoms with E-state index in [0.717, 1.165) is 57.9 Å². The topological polar surface area (TPSA) is 34.1 Å². The number of benzene rings is 5. The van der Waals surface area contributed by atoms with Crippen LogP contribution in [-0.2, 0) is 9.13 Å². The molecular formula is C38H30O2P2S. The summed E-state index contributed by atoms with van der Waals surface area (Å²) < 4.78 is 31.8. The van der Waals surface area contributed by atoms with Crippen LogP contribution in [0.3, 0.4) is 0 Å². The normalized spacial score (nSPS) is 14.5. The first-order chi connectivity index (χ1) is 21.0. The van der Waals surface area contributed by atoms with E-state index in [1.165, 1.54) is 0 Å². The summed E-state index contributed by atoms with van der Waals surface area (Å²) in [5.74, 6) is 0. The minimum Gasteiger partial charge on any atom is -0.309 e. The fraction of sp³-hybridized carbons (Fsp3) is 0.0526. The number of rotatable bonds is 6. The minimum atomic E-state index is -3.17. The van der Waals surface area contributed by atoms with Gasteiger partial charge in [-0.1, -0.05) is 121 Å². The van der Waals surface area contributed by atoms with Gasteiger partial charge in [0.05, 0.1) is 0 Å². The maximum atomic E-state index is 15.4. The van der Waals surface area contributed by atoms with Gasteiger partial charge in [-0.15, -0.1) is 11.3 Å². The lowest BCUT2D eigenvalue weighted by Gasteiger charge is -2.22. The van der Waals surface area contributed by atoms with Crippen molar-refractivity contribution in [3.63, 3.8) is 0 Å². The highest BCUT2D eigenvalue weighted by atomic mass is 32.1. The van der Waals surface area contributed by atoms with Crippen LogP contribution in [0.2, 0.25) is 0 Å². The smallest absolute Gasteiger partial charge is 0.171 e. The van der Waals surface area contributed by atoms with E-state index in [2.05, 4.69) is 30.4 Å². The van der Waals surface area contributed by atoms with Crippen molar-refractivity contribution in [2.75, 3.05) is 0 Å². The maximum Gasteiger partial charge on any atom is 0.171 e. The zero-order valence-electron chi connectivity index (χ0n) is 23.8. The van der Waals surface area contributed by atoms with Crippen LogP contribution in [0.15, 0.2) is 145 Å². The molecule has 43 heavy (non-hydrogen) atoms. The molecule has 0 spiro atoms. The molecule has 7 rings (SSSR count). The first-order valence-electron chi connectivity index (χ1n) is 14.4. The first kappa shape index (κ1) is 27.8. The van der Waals surface area contributed by atoms with Crippen molar-refractivity contribution in [1.29, 1.82) is 0 Å². The molecule has 1 unspecified atom stereocenters. The Balaban J connectivity index is 1.47. The standard InChI is InChI=1S/C38H30O2P2S/c1-28-14-11-12-22-36(28)42(40,31-19-9-4-10-20-31)33-24-25-38-35(27-33)34-26-32(21-13-23-37(34)43-38)41(39,29-15-5-2-6-16-29)30-17-7-3-8-18-30/h2-20,22-27H,21H2,1H3. The molecule has 1 heterocycles. The number of aryl methyl sites for hydroxylation is 1. The molecule has 0 N–H and O–H groups in total. The lowest BCUT2D eigenvalue weighted by Crippen LogP contribution is -2.26. The molecule has 0 saturated carbocycles. The van der Waals surface area contributed by atoms with Gasteiger partial charge in [0.25, 0.3) is 0 Å². The highest BCUT2D eigenvalue weighted by Gasteiger charge is 2.34. The highest BCUT2D eigenvalue weighted by molar-refractivity contribution is 7.85. The monoisotopic (exact) mass is 612 g/mol. The summed E-state index contributed by atoms with van der Waals surface area (Å²) in [6.45, 7) is 2.03. The predicted molar refractivity (Wildman–Crippen MR) is 187 cm³/mol. The molecule has 0 bridgehead atoms. The summed E-state index contributed by atoms with van der Waals surface area (Å²) >= 11 is 1.72. The summed E-state index contributed by atoms with van der Waals surface area (Å²) in [6.07, 6.45) is 7.03. The van der Waals surface area contributed by atoms with E-state index in [0.29, 0.717) is 6.42 Å². The number of hydrogen-bond donors (Lipinski definition) is 0. The van der Waals surface area contributed by atoms with Crippen LogP contribution in [0.1, 0.15) is 22.4 Å². The van der Waals surface area contributed by atoms with Gasteiger partial charge in [-0.25, -0.2) is 0 Å². The largest absolute Gasteiger partial charge is 0.309 e. The number of fused-ring (bicyclic) bond motifs is 3. The van der Waals surface area contributed by atoms with Gasteiger partial charge in [0.15, 0.2) is 14.3 Å². The first-order valence-corrected chi connectivity index (χ1v) is 18.6. The van der Waals surface area contributed by atoms with E-state index in [9.17, 15) is 0 Å². The molecule has 0 saturated heterocycles. The fourth-order valence-electron chi connectivity index (χ4n) is 6.06.